The van der Waals surface area contributed by atoms with Gasteiger partial charge in [-0.1, -0.05) is 17.7 Å². The van der Waals surface area contributed by atoms with Crippen LogP contribution in [0.2, 0.25) is 5.02 Å². The number of hydrogen-bond donors (Lipinski definition) is 1. The van der Waals surface area contributed by atoms with Gasteiger partial charge in [0.25, 0.3) is 0 Å². The first kappa shape index (κ1) is 13.6. The Morgan fingerprint density at radius 2 is 2.28 bits per heavy atom. The molecule has 0 saturated heterocycles. The number of nitrogens with one attached hydrogen (secondary N) is 1. The van der Waals surface area contributed by atoms with Crippen LogP contribution in [-0.4, -0.2) is 16.6 Å². The fourth-order valence-electron chi connectivity index (χ4n) is 1.99. The maximum atomic E-state index is 6.02. The molecule has 1 heterocycles. The van der Waals surface area contributed by atoms with Crippen molar-refractivity contribution in [2.24, 2.45) is 0 Å². The predicted molar refractivity (Wildman–Crippen MR) is 78.0 cm³/mol. The molecule has 0 aliphatic heterocycles. The first-order valence-electron chi connectivity index (χ1n) is 5.80. The average molecular weight is 329 g/mol. The van der Waals surface area contributed by atoms with Crippen LogP contribution in [-0.2, 0) is 6.54 Å². The fourth-order valence-corrected chi connectivity index (χ4v) is 2.50. The Labute approximate surface area is 120 Å². The van der Waals surface area contributed by atoms with Crippen molar-refractivity contribution in [2.75, 3.05) is 7.05 Å². The number of benzene rings is 1. The quantitative estimate of drug-likeness (QED) is 0.929. The zero-order valence-electron chi connectivity index (χ0n) is 10.3. The van der Waals surface area contributed by atoms with E-state index < -0.39 is 0 Å². The lowest BCUT2D eigenvalue weighted by Crippen LogP contribution is -2.21. The molecular weight excluding hydrogens is 314 g/mol. The van der Waals surface area contributed by atoms with Crippen LogP contribution in [0, 0.1) is 0 Å². The van der Waals surface area contributed by atoms with Gasteiger partial charge < -0.3 is 9.88 Å². The molecule has 0 radical (unpaired) electrons. The minimum Gasteiger partial charge on any atom is -0.334 e. The highest BCUT2D eigenvalue weighted by Gasteiger charge is 2.17. The molecule has 1 aromatic carbocycles. The van der Waals surface area contributed by atoms with Gasteiger partial charge >= 0.3 is 0 Å². The second-order valence-corrected chi connectivity index (χ2v) is 5.23. The largest absolute Gasteiger partial charge is 0.334 e. The van der Waals surface area contributed by atoms with E-state index in [0.29, 0.717) is 5.02 Å². The highest BCUT2D eigenvalue weighted by Crippen LogP contribution is 2.28. The molecule has 1 aromatic heterocycles. The molecule has 1 atom stereocenters. The molecule has 5 heteroatoms. The monoisotopic (exact) mass is 327 g/mol. The molecule has 0 aliphatic carbocycles. The molecule has 0 bridgehead atoms. The summed E-state index contributed by atoms with van der Waals surface area (Å²) in [6.07, 6.45) is 3.82. The molecule has 2 rings (SSSR count). The van der Waals surface area contributed by atoms with Gasteiger partial charge in [-0.2, -0.15) is 0 Å². The summed E-state index contributed by atoms with van der Waals surface area (Å²) in [5.41, 5.74) is 1.13. The first-order chi connectivity index (χ1) is 8.67. The van der Waals surface area contributed by atoms with Crippen LogP contribution < -0.4 is 5.32 Å². The molecule has 3 nitrogen and oxygen atoms in total. The van der Waals surface area contributed by atoms with Crippen molar-refractivity contribution in [1.82, 2.24) is 14.9 Å². The van der Waals surface area contributed by atoms with E-state index in [1.165, 1.54) is 0 Å². The second kappa shape index (κ2) is 5.87. The smallest absolute Gasteiger partial charge is 0.130 e. The number of nitrogens with zero attached hydrogens (tertiary/aromatic N) is 2. The van der Waals surface area contributed by atoms with Crippen molar-refractivity contribution in [3.63, 3.8) is 0 Å². The zero-order chi connectivity index (χ0) is 13.1. The van der Waals surface area contributed by atoms with E-state index >= 15 is 0 Å². The van der Waals surface area contributed by atoms with Gasteiger partial charge in [0.05, 0.1) is 11.1 Å². The van der Waals surface area contributed by atoms with Crippen molar-refractivity contribution in [3.8, 4) is 0 Å². The maximum Gasteiger partial charge on any atom is 0.130 e. The number of halogens is 2. The van der Waals surface area contributed by atoms with Crippen LogP contribution in [0.4, 0.5) is 0 Å². The van der Waals surface area contributed by atoms with E-state index in [1.807, 2.05) is 37.6 Å². The standard InChI is InChI=1S/C13H15BrClN3/c1-3-18-7-6-17-13(18)12(16-2)9-4-5-11(15)10(14)8-9/h4-8,12,16H,3H2,1-2H3. The summed E-state index contributed by atoms with van der Waals surface area (Å²) in [5, 5.41) is 4.01. The van der Waals surface area contributed by atoms with E-state index in [-0.39, 0.29) is 6.04 Å². The van der Waals surface area contributed by atoms with E-state index in [1.54, 1.807) is 0 Å². The van der Waals surface area contributed by atoms with Crippen LogP contribution in [0.15, 0.2) is 35.1 Å². The Morgan fingerprint density at radius 1 is 1.50 bits per heavy atom. The summed E-state index contributed by atoms with van der Waals surface area (Å²) in [4.78, 5) is 4.44. The van der Waals surface area contributed by atoms with Gasteiger partial charge in [0.1, 0.15) is 5.82 Å². The number of hydrogen-bond acceptors (Lipinski definition) is 2. The van der Waals surface area contributed by atoms with Crippen LogP contribution in [0.5, 0.6) is 0 Å². The van der Waals surface area contributed by atoms with E-state index in [2.05, 4.69) is 37.7 Å². The highest BCUT2D eigenvalue weighted by molar-refractivity contribution is 9.10. The zero-order valence-corrected chi connectivity index (χ0v) is 12.7. The van der Waals surface area contributed by atoms with Gasteiger partial charge in [-0.3, -0.25) is 0 Å². The Morgan fingerprint density at radius 3 is 2.89 bits per heavy atom. The summed E-state index contributed by atoms with van der Waals surface area (Å²) in [5.74, 6) is 1.01. The summed E-state index contributed by atoms with van der Waals surface area (Å²) in [6, 6.07) is 6.00. The minimum absolute atomic E-state index is 0.0634. The lowest BCUT2D eigenvalue weighted by molar-refractivity contribution is 0.590. The lowest BCUT2D eigenvalue weighted by atomic mass is 10.1. The molecule has 0 aliphatic rings. The van der Waals surface area contributed by atoms with E-state index in [0.717, 1.165) is 22.4 Å². The number of imidazole rings is 1. The van der Waals surface area contributed by atoms with E-state index in [4.69, 9.17) is 11.6 Å². The first-order valence-corrected chi connectivity index (χ1v) is 6.97. The van der Waals surface area contributed by atoms with Crippen molar-refractivity contribution in [3.05, 3.63) is 51.5 Å². The number of rotatable bonds is 4. The van der Waals surface area contributed by atoms with Crippen LogP contribution in [0.25, 0.3) is 0 Å². The third-order valence-corrected chi connectivity index (χ3v) is 4.13. The minimum atomic E-state index is 0.0634. The third-order valence-electron chi connectivity index (χ3n) is 2.91. The summed E-state index contributed by atoms with van der Waals surface area (Å²) in [6.45, 7) is 3.01. The highest BCUT2D eigenvalue weighted by atomic mass is 79.9. The van der Waals surface area contributed by atoms with Crippen molar-refractivity contribution in [2.45, 2.75) is 19.5 Å². The lowest BCUT2D eigenvalue weighted by Gasteiger charge is -2.18. The van der Waals surface area contributed by atoms with E-state index in [9.17, 15) is 0 Å². The third kappa shape index (κ3) is 2.60. The Balaban J connectivity index is 2.42. The van der Waals surface area contributed by atoms with Crippen LogP contribution >= 0.6 is 27.5 Å². The summed E-state index contributed by atoms with van der Waals surface area (Å²) < 4.78 is 3.03. The van der Waals surface area contributed by atoms with Crippen LogP contribution in [0.1, 0.15) is 24.4 Å². The van der Waals surface area contributed by atoms with Crippen molar-refractivity contribution in [1.29, 1.82) is 0 Å². The molecule has 0 amide bonds. The Hall–Kier alpha value is -0.840. The van der Waals surface area contributed by atoms with Gasteiger partial charge in [0, 0.05) is 23.4 Å². The Bertz CT molecular complexity index is 539. The predicted octanol–water partition coefficient (Wildman–Crippen LogP) is 3.63. The number of aromatic nitrogens is 2. The molecule has 18 heavy (non-hydrogen) atoms. The van der Waals surface area contributed by atoms with Gasteiger partial charge in [0.2, 0.25) is 0 Å². The van der Waals surface area contributed by atoms with Gasteiger partial charge in [-0.15, -0.1) is 0 Å². The molecule has 0 saturated carbocycles. The van der Waals surface area contributed by atoms with Gasteiger partial charge in [-0.05, 0) is 47.6 Å². The summed E-state index contributed by atoms with van der Waals surface area (Å²) in [7, 11) is 1.93. The molecule has 1 unspecified atom stereocenters. The molecule has 2 aromatic rings. The van der Waals surface area contributed by atoms with Crippen LogP contribution in [0.3, 0.4) is 0 Å². The SMILES string of the molecule is CCn1ccnc1C(NC)c1ccc(Cl)c(Br)c1. The summed E-state index contributed by atoms with van der Waals surface area (Å²) >= 11 is 9.48. The second-order valence-electron chi connectivity index (χ2n) is 3.97. The Kier molecular flexibility index (Phi) is 4.43. The maximum absolute atomic E-state index is 6.02. The molecule has 96 valence electrons. The molecule has 0 spiro atoms. The fraction of sp³-hybridized carbons (Fsp3) is 0.308. The van der Waals surface area contributed by atoms with Crippen molar-refractivity contribution < 1.29 is 0 Å². The average Bonchev–Trinajstić information content (AvgIpc) is 2.83. The van der Waals surface area contributed by atoms with Crippen molar-refractivity contribution >= 4 is 27.5 Å². The molecule has 0 fully saturated rings. The molecular formula is C13H15BrClN3. The normalized spacial score (nSPS) is 12.7. The molecule has 1 N–H and O–H groups in total. The van der Waals surface area contributed by atoms with Gasteiger partial charge in [-0.25, -0.2) is 4.98 Å². The van der Waals surface area contributed by atoms with Gasteiger partial charge in [0.15, 0.2) is 0 Å². The topological polar surface area (TPSA) is 29.9 Å². The number of aryl methyl sites for hydroxylation is 1.